The van der Waals surface area contributed by atoms with Gasteiger partial charge in [0.05, 0.1) is 0 Å². The average molecular weight is 321 g/mol. The molecule has 1 aromatic carbocycles. The second kappa shape index (κ2) is 9.18. The van der Waals surface area contributed by atoms with Crippen LogP contribution in [0.2, 0.25) is 0 Å². The molecule has 112 valence electrons. The Bertz CT molecular complexity index is 686. The van der Waals surface area contributed by atoms with E-state index in [2.05, 4.69) is 69.5 Å². The zero-order valence-corrected chi connectivity index (χ0v) is 16.4. The third-order valence-electron chi connectivity index (χ3n) is 3.14. The average Bonchev–Trinajstić information content (AvgIpc) is 2.49. The van der Waals surface area contributed by atoms with Crippen molar-refractivity contribution >= 4 is 42.2 Å². The quantitative estimate of drug-likeness (QED) is 0.535. The molecule has 0 unspecified atom stereocenters. The van der Waals surface area contributed by atoms with Gasteiger partial charge in [-0.15, -0.1) is 0 Å². The molecule has 0 N–H and O–H groups in total. The first-order valence-electron chi connectivity index (χ1n) is 7.24. The molecule has 0 aliphatic carbocycles. The molecule has 0 nitrogen and oxygen atoms in total. The fourth-order valence-electron chi connectivity index (χ4n) is 1.94. The number of allylic oxidation sites excluding steroid dienone is 6. The highest BCUT2D eigenvalue weighted by molar-refractivity contribution is 6.49. The second-order valence-corrected chi connectivity index (χ2v) is 7.11. The summed E-state index contributed by atoms with van der Waals surface area (Å²) in [5.74, 6) is 0. The first-order chi connectivity index (χ1) is 10.5. The van der Waals surface area contributed by atoms with E-state index in [9.17, 15) is 0 Å². The Morgan fingerprint density at radius 3 is 2.36 bits per heavy atom. The highest BCUT2D eigenvalue weighted by atomic mass is 28.1. The predicted molar refractivity (Wildman–Crippen MR) is 110 cm³/mol. The third kappa shape index (κ3) is 5.84. The molecule has 0 amide bonds. The number of rotatable bonds is 7. The summed E-state index contributed by atoms with van der Waals surface area (Å²) < 4.78 is 0. The van der Waals surface area contributed by atoms with E-state index in [1.807, 2.05) is 37.9 Å². The Hall–Kier alpha value is -1.91. The second-order valence-electron chi connectivity index (χ2n) is 5.23. The first kappa shape index (κ1) is 18.1. The zero-order chi connectivity index (χ0) is 16.5. The summed E-state index contributed by atoms with van der Waals surface area (Å²) in [6.07, 6.45) is 14.4. The standard InChI is InChI=1S/C20H24Si2/c1-5-7-18(11-9-16(4)21)20(22)13-12-19-14-15(3)8-10-17(19)6-2/h5-14H,1-2,21-22H2,3-4H3/b11-9-,13-12-,18-7+. The SMILES string of the molecule is C=C/C=C(\C=C/C(C)=[SiH2])C(=[SiH2])/C=C\c1cc(C)ccc1C=C. The van der Waals surface area contributed by atoms with Crippen LogP contribution in [0.4, 0.5) is 0 Å². The molecule has 22 heavy (non-hydrogen) atoms. The largest absolute Gasteiger partial charge is 0.0990 e. The molecule has 0 atom stereocenters. The number of aryl methyl sites for hydroxylation is 1. The van der Waals surface area contributed by atoms with Gasteiger partial charge in [-0.1, -0.05) is 84.6 Å². The van der Waals surface area contributed by atoms with E-state index >= 15 is 0 Å². The van der Waals surface area contributed by atoms with Crippen LogP contribution in [0.5, 0.6) is 0 Å². The van der Waals surface area contributed by atoms with E-state index < -0.39 is 0 Å². The molecule has 1 aromatic rings. The molecule has 0 heterocycles. The van der Waals surface area contributed by atoms with E-state index in [0.717, 1.165) is 5.56 Å². The van der Waals surface area contributed by atoms with Gasteiger partial charge in [0.1, 0.15) is 0 Å². The Morgan fingerprint density at radius 1 is 1.05 bits per heavy atom. The molecule has 2 heteroatoms. The van der Waals surface area contributed by atoms with Crippen LogP contribution in [0.25, 0.3) is 12.2 Å². The lowest BCUT2D eigenvalue weighted by atomic mass is 10.0. The lowest BCUT2D eigenvalue weighted by Gasteiger charge is -2.05. The van der Waals surface area contributed by atoms with Gasteiger partial charge in [-0.2, -0.15) is 0 Å². The molecular weight excluding hydrogens is 296 g/mol. The van der Waals surface area contributed by atoms with Gasteiger partial charge >= 0.3 is 0 Å². The van der Waals surface area contributed by atoms with Crippen molar-refractivity contribution in [1.82, 2.24) is 0 Å². The van der Waals surface area contributed by atoms with Crippen molar-refractivity contribution in [2.45, 2.75) is 13.8 Å². The molecule has 0 radical (unpaired) electrons. The number of hydrogen-bond donors (Lipinski definition) is 0. The topological polar surface area (TPSA) is 0 Å². The summed E-state index contributed by atoms with van der Waals surface area (Å²) in [4.78, 5) is 0. The maximum atomic E-state index is 3.88. The molecule has 0 saturated heterocycles. The van der Waals surface area contributed by atoms with Gasteiger partial charge in [-0.05, 0) is 55.4 Å². The van der Waals surface area contributed by atoms with Crippen molar-refractivity contribution in [3.63, 3.8) is 0 Å². The van der Waals surface area contributed by atoms with E-state index in [4.69, 9.17) is 0 Å². The normalized spacial score (nSPS) is 11.8. The fourth-order valence-corrected chi connectivity index (χ4v) is 2.41. The predicted octanol–water partition coefficient (Wildman–Crippen LogP) is 2.95. The van der Waals surface area contributed by atoms with Crippen LogP contribution >= 0.6 is 0 Å². The van der Waals surface area contributed by atoms with Crippen molar-refractivity contribution in [3.05, 3.63) is 84.0 Å². The molecule has 0 saturated carbocycles. The van der Waals surface area contributed by atoms with E-state index in [1.54, 1.807) is 0 Å². The maximum absolute atomic E-state index is 3.88. The molecule has 0 spiro atoms. The monoisotopic (exact) mass is 320 g/mol. The van der Waals surface area contributed by atoms with Crippen molar-refractivity contribution in [2.75, 3.05) is 0 Å². The van der Waals surface area contributed by atoms with E-state index in [0.29, 0.717) is 0 Å². The Balaban J connectivity index is 3.06. The van der Waals surface area contributed by atoms with Crippen molar-refractivity contribution < 1.29 is 0 Å². The van der Waals surface area contributed by atoms with Crippen LogP contribution in [0, 0.1) is 6.92 Å². The molecule has 0 fully saturated rings. The number of hydrogen-bond acceptors (Lipinski definition) is 0. The molecule has 1 rings (SSSR count). The van der Waals surface area contributed by atoms with Gasteiger partial charge in [0.25, 0.3) is 0 Å². The summed E-state index contributed by atoms with van der Waals surface area (Å²) in [5, 5.41) is 2.54. The summed E-state index contributed by atoms with van der Waals surface area (Å²) in [7, 11) is 3.79. The van der Waals surface area contributed by atoms with Crippen molar-refractivity contribution in [2.24, 2.45) is 0 Å². The summed E-state index contributed by atoms with van der Waals surface area (Å²) >= 11 is 0. The zero-order valence-electron chi connectivity index (χ0n) is 13.6. The Morgan fingerprint density at radius 2 is 1.77 bits per heavy atom. The van der Waals surface area contributed by atoms with Crippen LogP contribution in [0.1, 0.15) is 23.6 Å². The van der Waals surface area contributed by atoms with Gasteiger partial charge in [-0.25, -0.2) is 0 Å². The van der Waals surface area contributed by atoms with Gasteiger partial charge in [0, 0.05) is 0 Å². The lowest BCUT2D eigenvalue weighted by Crippen LogP contribution is -1.98. The van der Waals surface area contributed by atoms with Crippen LogP contribution in [-0.2, 0) is 0 Å². The minimum Gasteiger partial charge on any atom is -0.0990 e. The van der Waals surface area contributed by atoms with Gasteiger partial charge in [0.15, 0.2) is 0 Å². The maximum Gasteiger partial charge on any atom is -0.0131 e. The Kier molecular flexibility index (Phi) is 7.57. The summed E-state index contributed by atoms with van der Waals surface area (Å²) in [6, 6.07) is 6.40. The van der Waals surface area contributed by atoms with Crippen LogP contribution < -0.4 is 0 Å². The molecule has 0 aliphatic rings. The molecule has 0 aromatic heterocycles. The van der Waals surface area contributed by atoms with E-state index in [-0.39, 0.29) is 0 Å². The van der Waals surface area contributed by atoms with Crippen LogP contribution in [0.3, 0.4) is 0 Å². The molecular formula is C20H24Si2. The highest BCUT2D eigenvalue weighted by Crippen LogP contribution is 2.15. The minimum absolute atomic E-state index is 1.15. The number of benzene rings is 1. The van der Waals surface area contributed by atoms with Crippen LogP contribution in [-0.4, -0.2) is 30.0 Å². The molecule has 0 aliphatic heterocycles. The van der Waals surface area contributed by atoms with E-state index in [1.165, 1.54) is 27.0 Å². The highest BCUT2D eigenvalue weighted by Gasteiger charge is 1.98. The third-order valence-corrected chi connectivity index (χ3v) is 4.02. The minimum atomic E-state index is 1.15. The first-order valence-corrected chi connectivity index (χ1v) is 8.66. The van der Waals surface area contributed by atoms with Gasteiger partial charge < -0.3 is 0 Å². The Labute approximate surface area is 140 Å². The van der Waals surface area contributed by atoms with Gasteiger partial charge in [0.2, 0.25) is 0 Å². The summed E-state index contributed by atoms with van der Waals surface area (Å²) in [6.45, 7) is 11.9. The fraction of sp³-hybridized carbons (Fsp3) is 0.100. The lowest BCUT2D eigenvalue weighted by molar-refractivity contribution is 1.45. The van der Waals surface area contributed by atoms with Crippen molar-refractivity contribution in [1.29, 1.82) is 0 Å². The van der Waals surface area contributed by atoms with Gasteiger partial charge in [-0.3, -0.25) is 0 Å². The molecule has 0 bridgehead atoms. The van der Waals surface area contributed by atoms with Crippen LogP contribution in [0.15, 0.2) is 67.3 Å². The summed E-state index contributed by atoms with van der Waals surface area (Å²) in [5.41, 5.74) is 4.79. The van der Waals surface area contributed by atoms with Crippen molar-refractivity contribution in [3.8, 4) is 0 Å². The smallest absolute Gasteiger partial charge is 0.0131 e.